The zero-order chi connectivity index (χ0) is 27.6. The molecule has 2 nitrogen and oxygen atoms in total. The van der Waals surface area contributed by atoms with Crippen molar-refractivity contribution in [1.29, 1.82) is 0 Å². The molecule has 2 N–H and O–H groups in total. The third-order valence-electron chi connectivity index (χ3n) is 4.92. The van der Waals surface area contributed by atoms with Crippen molar-refractivity contribution < 1.29 is 22.4 Å². The third kappa shape index (κ3) is 2.92. The molecule has 0 atom stereocenters. The Kier molecular flexibility index (Phi) is 2.59. The summed E-state index contributed by atoms with van der Waals surface area (Å²) in [5, 5.41) is 21.4. The Morgan fingerprint density at radius 2 is 1.17 bits per heavy atom. The zero-order valence-electron chi connectivity index (χ0n) is 24.1. The van der Waals surface area contributed by atoms with E-state index in [1.165, 1.54) is 0 Å². The van der Waals surface area contributed by atoms with Crippen LogP contribution in [-0.4, -0.2) is 17.2 Å². The Morgan fingerprint density at radius 3 is 1.90 bits per heavy atom. The molecule has 0 fully saturated rings. The van der Waals surface area contributed by atoms with Gasteiger partial charge in [-0.05, 0) is 49.3 Å². The van der Waals surface area contributed by atoms with Gasteiger partial charge in [-0.25, -0.2) is 0 Å². The van der Waals surface area contributed by atoms with Gasteiger partial charge < -0.3 is 10.0 Å². The number of fused-ring (bicyclic) bond motifs is 2. The van der Waals surface area contributed by atoms with Crippen LogP contribution in [0.1, 0.15) is 12.3 Å². The van der Waals surface area contributed by atoms with Crippen LogP contribution in [0.5, 0.6) is 0 Å². The summed E-state index contributed by atoms with van der Waals surface area (Å²) >= 11 is 0. The Bertz CT molecular complexity index is 1780. The molecule has 5 rings (SSSR count). The van der Waals surface area contributed by atoms with Gasteiger partial charge in [-0.1, -0.05) is 103 Å². The normalized spacial score (nSPS) is 15.4. The fourth-order valence-corrected chi connectivity index (χ4v) is 3.76. The van der Waals surface area contributed by atoms with Crippen LogP contribution in [0.2, 0.25) is 0 Å². The fraction of sp³-hybridized carbons (Fsp3) is 0. The minimum atomic E-state index is -2.05. The summed E-state index contributed by atoms with van der Waals surface area (Å²) in [4.78, 5) is 0. The van der Waals surface area contributed by atoms with Gasteiger partial charge in [0.25, 0.3) is 0 Å². The lowest BCUT2D eigenvalue weighted by Crippen LogP contribution is -2.31. The van der Waals surface area contributed by atoms with Crippen molar-refractivity contribution in [2.45, 2.75) is 0 Å². The van der Waals surface area contributed by atoms with Crippen molar-refractivity contribution in [1.82, 2.24) is 0 Å². The molecule has 5 aromatic rings. The van der Waals surface area contributed by atoms with E-state index >= 15 is 0 Å². The van der Waals surface area contributed by atoms with Crippen LogP contribution >= 0.6 is 0 Å². The summed E-state index contributed by atoms with van der Waals surface area (Å²) < 4.78 is 75.2. The van der Waals surface area contributed by atoms with Crippen LogP contribution in [0.3, 0.4) is 0 Å². The minimum Gasteiger partial charge on any atom is -0.423 e. The van der Waals surface area contributed by atoms with E-state index in [9.17, 15) is 10.0 Å². The summed E-state index contributed by atoms with van der Waals surface area (Å²) in [7, 11) is -2.05. The van der Waals surface area contributed by atoms with Crippen LogP contribution in [0.4, 0.5) is 0 Å². The van der Waals surface area contributed by atoms with Crippen molar-refractivity contribution in [3.05, 3.63) is 103 Å². The van der Waals surface area contributed by atoms with E-state index in [2.05, 4.69) is 0 Å². The summed E-state index contributed by atoms with van der Waals surface area (Å²) in [5.74, 6) is 0. The van der Waals surface area contributed by atoms with Crippen molar-refractivity contribution in [2.75, 3.05) is 0 Å². The molecular formula is C26H19BO2. The first-order valence-corrected chi connectivity index (χ1v) is 8.96. The summed E-state index contributed by atoms with van der Waals surface area (Å²) in [6.45, 7) is 0. The van der Waals surface area contributed by atoms with Gasteiger partial charge in [0.15, 0.2) is 0 Å². The van der Waals surface area contributed by atoms with Crippen LogP contribution < -0.4 is 5.46 Å². The molecule has 0 unspecified atom stereocenters. The lowest BCUT2D eigenvalue weighted by molar-refractivity contribution is 0.426. The molecule has 0 heterocycles. The molecule has 138 valence electrons. The second-order valence-corrected chi connectivity index (χ2v) is 6.50. The maximum absolute atomic E-state index is 10.3. The second kappa shape index (κ2) is 7.21. The highest BCUT2D eigenvalue weighted by atomic mass is 16.4. The van der Waals surface area contributed by atoms with Gasteiger partial charge in [0.1, 0.15) is 0 Å². The Balaban J connectivity index is 2.08. The number of benzene rings is 5. The molecule has 0 saturated heterocycles. The van der Waals surface area contributed by atoms with E-state index in [4.69, 9.17) is 12.3 Å². The molecule has 0 spiro atoms. The molecule has 3 heteroatoms. The quantitative estimate of drug-likeness (QED) is 0.340. The highest BCUT2D eigenvalue weighted by molar-refractivity contribution is 6.66. The fourth-order valence-electron chi connectivity index (χ4n) is 3.76. The predicted molar refractivity (Wildman–Crippen MR) is 122 cm³/mol. The largest absolute Gasteiger partial charge is 0.489 e. The first-order valence-electron chi connectivity index (χ1n) is 13.5. The van der Waals surface area contributed by atoms with Gasteiger partial charge in [-0.3, -0.25) is 0 Å². The number of rotatable bonds is 3. The number of hydrogen-bond acceptors (Lipinski definition) is 2. The maximum atomic E-state index is 10.3. The molecule has 0 aliphatic rings. The van der Waals surface area contributed by atoms with Crippen molar-refractivity contribution >= 4 is 34.1 Å². The standard InChI is InChI=1S/C26H19BO2/c28-27(29)26-23-16-8-6-14-21(23)25(22-15-7-9-17-24(22)26)20-13-5-4-12-19(20)18-10-2-1-3-11-18/h1-17,28-29H/i1D,2D,3D,6D,8D,10D,11D,14D,16D. The first-order chi connectivity index (χ1) is 18.0. The molecule has 0 aromatic heterocycles. The van der Waals surface area contributed by atoms with Crippen LogP contribution in [0.15, 0.2) is 103 Å². The monoisotopic (exact) mass is 383 g/mol. The van der Waals surface area contributed by atoms with E-state index < -0.39 is 61.5 Å². The number of hydrogen-bond donors (Lipinski definition) is 2. The van der Waals surface area contributed by atoms with Gasteiger partial charge in [0.05, 0.1) is 12.3 Å². The molecule has 0 amide bonds. The van der Waals surface area contributed by atoms with E-state index in [1.807, 2.05) is 0 Å². The highest BCUT2D eigenvalue weighted by Crippen LogP contribution is 2.40. The van der Waals surface area contributed by atoms with Crippen molar-refractivity contribution in [2.24, 2.45) is 0 Å². The topological polar surface area (TPSA) is 40.5 Å². The third-order valence-corrected chi connectivity index (χ3v) is 4.92. The Labute approximate surface area is 182 Å². The average molecular weight is 383 g/mol. The van der Waals surface area contributed by atoms with Crippen molar-refractivity contribution in [3.8, 4) is 22.3 Å². The molecule has 0 aliphatic carbocycles. The van der Waals surface area contributed by atoms with Gasteiger partial charge in [0.2, 0.25) is 0 Å². The second-order valence-electron chi connectivity index (χ2n) is 6.50. The van der Waals surface area contributed by atoms with Crippen LogP contribution in [0, 0.1) is 0 Å². The summed E-state index contributed by atoms with van der Waals surface area (Å²) in [5.41, 5.74) is 0.800. The minimum absolute atomic E-state index is 0.0256. The summed E-state index contributed by atoms with van der Waals surface area (Å²) in [6.07, 6.45) is 0. The van der Waals surface area contributed by atoms with Gasteiger partial charge in [-0.2, -0.15) is 0 Å². The first kappa shape index (κ1) is 10.4. The predicted octanol–water partition coefficient (Wildman–Crippen LogP) is 5.01. The lowest BCUT2D eigenvalue weighted by Gasteiger charge is -2.19. The molecule has 0 aliphatic heterocycles. The molecule has 5 aromatic carbocycles. The molecule has 29 heavy (non-hydrogen) atoms. The molecule has 0 bridgehead atoms. The van der Waals surface area contributed by atoms with Crippen LogP contribution in [-0.2, 0) is 0 Å². The van der Waals surface area contributed by atoms with Gasteiger partial charge in [0, 0.05) is 0 Å². The maximum Gasteiger partial charge on any atom is 0.489 e. The van der Waals surface area contributed by atoms with E-state index in [0.29, 0.717) is 21.9 Å². The van der Waals surface area contributed by atoms with Gasteiger partial charge >= 0.3 is 7.12 Å². The highest BCUT2D eigenvalue weighted by Gasteiger charge is 2.23. The SMILES string of the molecule is [2H]c1c([2H])c([2H])c(-c2ccccc2-c2c3ccccc3c(B(O)O)c3c([2H])c([2H])c([2H])c([2H])c23)c([2H])c1[2H]. The van der Waals surface area contributed by atoms with Crippen molar-refractivity contribution in [3.63, 3.8) is 0 Å². The lowest BCUT2D eigenvalue weighted by atomic mass is 9.72. The molecule has 0 saturated carbocycles. The summed E-state index contributed by atoms with van der Waals surface area (Å²) in [6, 6.07) is 8.92. The Hall–Kier alpha value is -3.40. The van der Waals surface area contributed by atoms with Gasteiger partial charge in [-0.15, -0.1) is 0 Å². The molecular weight excluding hydrogens is 355 g/mol. The van der Waals surface area contributed by atoms with E-state index in [1.54, 1.807) is 48.5 Å². The molecule has 0 radical (unpaired) electrons. The Morgan fingerprint density at radius 1 is 0.586 bits per heavy atom. The zero-order valence-corrected chi connectivity index (χ0v) is 15.1. The average Bonchev–Trinajstić information content (AvgIpc) is 2.91. The smallest absolute Gasteiger partial charge is 0.423 e. The van der Waals surface area contributed by atoms with Crippen LogP contribution in [0.25, 0.3) is 43.8 Å². The van der Waals surface area contributed by atoms with E-state index in [0.717, 1.165) is 0 Å². The van der Waals surface area contributed by atoms with E-state index in [-0.39, 0.29) is 27.4 Å².